The van der Waals surface area contributed by atoms with Gasteiger partial charge in [-0.05, 0) is 6.92 Å². The lowest BCUT2D eigenvalue weighted by Gasteiger charge is -2.12. The highest BCUT2D eigenvalue weighted by atomic mass is 19.4. The van der Waals surface area contributed by atoms with E-state index in [-0.39, 0.29) is 12.7 Å². The Balaban J connectivity index is 3.36. The van der Waals surface area contributed by atoms with E-state index in [9.17, 15) is 31.5 Å². The Morgan fingerprint density at radius 1 is 1.40 bits per heavy atom. The molecule has 0 amide bonds. The molecule has 20 heavy (non-hydrogen) atoms. The Labute approximate surface area is 108 Å². The zero-order valence-corrected chi connectivity index (χ0v) is 9.88. The SMILES string of the molecule is CCOC(=O)c1[nH]c(OC(F)(F)F)cc(=O)c1C(F)F. The summed E-state index contributed by atoms with van der Waals surface area (Å²) in [6, 6.07) is 0.178. The van der Waals surface area contributed by atoms with Gasteiger partial charge in [0.2, 0.25) is 5.88 Å². The summed E-state index contributed by atoms with van der Waals surface area (Å²) in [5.41, 5.74) is -3.83. The average Bonchev–Trinajstić information content (AvgIpc) is 2.25. The molecule has 0 bridgehead atoms. The van der Waals surface area contributed by atoms with E-state index in [1.165, 1.54) is 6.92 Å². The summed E-state index contributed by atoms with van der Waals surface area (Å²) in [5, 5.41) is 0. The van der Waals surface area contributed by atoms with Gasteiger partial charge in [-0.25, -0.2) is 13.6 Å². The maximum Gasteiger partial charge on any atom is 0.574 e. The Morgan fingerprint density at radius 2 is 2.00 bits per heavy atom. The summed E-state index contributed by atoms with van der Waals surface area (Å²) in [5.74, 6) is -2.57. The van der Waals surface area contributed by atoms with Crippen LogP contribution in [-0.4, -0.2) is 23.9 Å². The number of halogens is 5. The molecule has 112 valence electrons. The second-order valence-electron chi connectivity index (χ2n) is 3.36. The second kappa shape index (κ2) is 5.88. The molecule has 10 heteroatoms. The van der Waals surface area contributed by atoms with Gasteiger partial charge in [0.1, 0.15) is 5.69 Å². The number of aromatic nitrogens is 1. The fourth-order valence-electron chi connectivity index (χ4n) is 1.31. The molecular weight excluding hydrogens is 293 g/mol. The number of H-pyrrole nitrogens is 1. The lowest BCUT2D eigenvalue weighted by Crippen LogP contribution is -2.24. The van der Waals surface area contributed by atoms with Gasteiger partial charge in [0.25, 0.3) is 6.43 Å². The van der Waals surface area contributed by atoms with Crippen molar-refractivity contribution in [2.45, 2.75) is 19.7 Å². The molecule has 0 saturated heterocycles. The number of esters is 1. The van der Waals surface area contributed by atoms with E-state index in [1.54, 1.807) is 4.98 Å². The van der Waals surface area contributed by atoms with Crippen LogP contribution in [0.1, 0.15) is 29.4 Å². The molecule has 1 rings (SSSR count). The first-order chi connectivity index (χ1) is 9.15. The minimum Gasteiger partial charge on any atom is -0.461 e. The van der Waals surface area contributed by atoms with Crippen molar-refractivity contribution in [3.63, 3.8) is 0 Å². The minimum absolute atomic E-state index is 0.178. The first kappa shape index (κ1) is 15.9. The standard InChI is InChI=1S/C10H8F5NO4/c1-2-19-9(18)7-6(8(11)12)4(17)3-5(16-7)20-10(13,14)15/h3,8H,2H2,1H3,(H,16,17). The van der Waals surface area contributed by atoms with Gasteiger partial charge in [-0.1, -0.05) is 0 Å². The van der Waals surface area contributed by atoms with Crippen molar-refractivity contribution in [1.29, 1.82) is 0 Å². The first-order valence-corrected chi connectivity index (χ1v) is 5.14. The zero-order chi connectivity index (χ0) is 15.5. The predicted octanol–water partition coefficient (Wildman–Crippen LogP) is 2.39. The van der Waals surface area contributed by atoms with Gasteiger partial charge in [-0.2, -0.15) is 0 Å². The van der Waals surface area contributed by atoms with E-state index >= 15 is 0 Å². The maximum absolute atomic E-state index is 12.7. The van der Waals surface area contributed by atoms with Crippen LogP contribution in [0.3, 0.4) is 0 Å². The van der Waals surface area contributed by atoms with Gasteiger partial charge < -0.3 is 14.5 Å². The minimum atomic E-state index is -5.15. The number of rotatable bonds is 4. The molecule has 5 nitrogen and oxygen atoms in total. The number of nitrogens with one attached hydrogen (secondary N) is 1. The van der Waals surface area contributed by atoms with E-state index in [4.69, 9.17) is 0 Å². The van der Waals surface area contributed by atoms with Crippen molar-refractivity contribution in [3.05, 3.63) is 27.5 Å². The first-order valence-electron chi connectivity index (χ1n) is 5.14. The Hall–Kier alpha value is -2.13. The second-order valence-corrected chi connectivity index (χ2v) is 3.36. The van der Waals surface area contributed by atoms with Crippen LogP contribution in [0.4, 0.5) is 22.0 Å². The number of ether oxygens (including phenoxy) is 2. The smallest absolute Gasteiger partial charge is 0.461 e. The molecule has 0 aliphatic heterocycles. The fraction of sp³-hybridized carbons (Fsp3) is 0.400. The molecule has 0 aromatic carbocycles. The molecule has 0 atom stereocenters. The van der Waals surface area contributed by atoms with Crippen molar-refractivity contribution in [2.75, 3.05) is 6.61 Å². The van der Waals surface area contributed by atoms with Gasteiger partial charge in [-0.3, -0.25) is 4.79 Å². The third-order valence-corrected chi connectivity index (χ3v) is 1.97. The van der Waals surface area contributed by atoms with E-state index in [1.807, 2.05) is 0 Å². The lowest BCUT2D eigenvalue weighted by molar-refractivity contribution is -0.276. The fourth-order valence-corrected chi connectivity index (χ4v) is 1.31. The van der Waals surface area contributed by atoms with Crippen LogP contribution < -0.4 is 10.2 Å². The summed E-state index contributed by atoms with van der Waals surface area (Å²) in [6.45, 7) is 1.14. The number of hydrogen-bond donors (Lipinski definition) is 1. The van der Waals surface area contributed by atoms with Gasteiger partial charge in [0, 0.05) is 6.07 Å². The van der Waals surface area contributed by atoms with Gasteiger partial charge in [0.15, 0.2) is 5.43 Å². The number of pyridine rings is 1. The molecule has 0 radical (unpaired) electrons. The van der Waals surface area contributed by atoms with Gasteiger partial charge in [0.05, 0.1) is 12.2 Å². The van der Waals surface area contributed by atoms with Crippen LogP contribution in [0.2, 0.25) is 0 Å². The monoisotopic (exact) mass is 301 g/mol. The van der Waals surface area contributed by atoms with Gasteiger partial charge in [-0.15, -0.1) is 13.2 Å². The van der Waals surface area contributed by atoms with E-state index in [0.29, 0.717) is 0 Å². The molecule has 1 heterocycles. The molecule has 1 N–H and O–H groups in total. The Kier molecular flexibility index (Phi) is 4.69. The number of aromatic amines is 1. The molecule has 1 aromatic rings. The third-order valence-electron chi connectivity index (χ3n) is 1.97. The predicted molar refractivity (Wildman–Crippen MR) is 54.7 cm³/mol. The van der Waals surface area contributed by atoms with Crippen LogP contribution in [0.15, 0.2) is 10.9 Å². The molecule has 1 aromatic heterocycles. The highest BCUT2D eigenvalue weighted by Crippen LogP contribution is 2.24. The summed E-state index contributed by atoms with van der Waals surface area (Å²) < 4.78 is 69.1. The summed E-state index contributed by atoms with van der Waals surface area (Å²) in [4.78, 5) is 24.4. The number of carbonyl (C=O) groups excluding carboxylic acids is 1. The van der Waals surface area contributed by atoms with E-state index < -0.39 is 41.3 Å². The normalized spacial score (nSPS) is 11.6. The highest BCUT2D eigenvalue weighted by Gasteiger charge is 2.33. The third kappa shape index (κ3) is 3.93. The summed E-state index contributed by atoms with van der Waals surface area (Å²) in [7, 11) is 0. The lowest BCUT2D eigenvalue weighted by atomic mass is 10.2. The number of carbonyl (C=O) groups is 1. The van der Waals surface area contributed by atoms with Crippen molar-refractivity contribution < 1.29 is 36.2 Å². The largest absolute Gasteiger partial charge is 0.574 e. The molecular formula is C10H8F5NO4. The van der Waals surface area contributed by atoms with Crippen LogP contribution in [0.25, 0.3) is 0 Å². The molecule has 0 spiro atoms. The molecule has 0 aliphatic carbocycles. The van der Waals surface area contributed by atoms with Crippen molar-refractivity contribution in [1.82, 2.24) is 4.98 Å². The van der Waals surface area contributed by atoms with E-state index in [2.05, 4.69) is 9.47 Å². The van der Waals surface area contributed by atoms with Crippen molar-refractivity contribution in [2.24, 2.45) is 0 Å². The average molecular weight is 301 g/mol. The molecule has 0 unspecified atom stereocenters. The van der Waals surface area contributed by atoms with E-state index in [0.717, 1.165) is 0 Å². The zero-order valence-electron chi connectivity index (χ0n) is 9.88. The summed E-state index contributed by atoms with van der Waals surface area (Å²) in [6.07, 6.45) is -8.51. The number of hydrogen-bond acceptors (Lipinski definition) is 4. The Morgan fingerprint density at radius 3 is 2.45 bits per heavy atom. The van der Waals surface area contributed by atoms with Crippen molar-refractivity contribution >= 4 is 5.97 Å². The Bertz CT molecular complexity index is 552. The van der Waals surface area contributed by atoms with Crippen LogP contribution in [0.5, 0.6) is 5.88 Å². The van der Waals surface area contributed by atoms with Crippen LogP contribution >= 0.6 is 0 Å². The molecule has 0 aliphatic rings. The molecule has 0 saturated carbocycles. The topological polar surface area (TPSA) is 68.4 Å². The van der Waals surface area contributed by atoms with Gasteiger partial charge >= 0.3 is 12.3 Å². The highest BCUT2D eigenvalue weighted by molar-refractivity contribution is 5.89. The summed E-state index contributed by atoms with van der Waals surface area (Å²) >= 11 is 0. The quantitative estimate of drug-likeness (QED) is 0.685. The molecule has 0 fully saturated rings. The van der Waals surface area contributed by atoms with Crippen LogP contribution in [0, 0.1) is 0 Å². The van der Waals surface area contributed by atoms with Crippen LogP contribution in [-0.2, 0) is 4.74 Å². The number of alkyl halides is 5. The maximum atomic E-state index is 12.7. The van der Waals surface area contributed by atoms with Crippen molar-refractivity contribution in [3.8, 4) is 5.88 Å².